The Morgan fingerprint density at radius 1 is 1.05 bits per heavy atom. The van der Waals surface area contributed by atoms with E-state index < -0.39 is 0 Å². The molecular weight excluding hydrogens is 317 g/mol. The minimum Gasteiger partial charge on any atom is -0.512 e. The molecule has 1 unspecified atom stereocenters. The number of benzene rings is 2. The second kappa shape index (κ2) is 7.68. The van der Waals surface area contributed by atoms with Crippen molar-refractivity contribution in [1.82, 2.24) is 5.32 Å². The van der Waals surface area contributed by atoms with Gasteiger partial charge in [-0.25, -0.2) is 0 Å². The van der Waals surface area contributed by atoms with Gasteiger partial charge in [-0.3, -0.25) is 0 Å². The van der Waals surface area contributed by atoms with Gasteiger partial charge in [0.15, 0.2) is 0 Å². The van der Waals surface area contributed by atoms with Gasteiger partial charge < -0.3 is 10.4 Å². The molecule has 1 atom stereocenters. The summed E-state index contributed by atoms with van der Waals surface area (Å²) in [6.07, 6.45) is 0. The molecule has 0 amide bonds. The highest BCUT2D eigenvalue weighted by Crippen LogP contribution is 2.23. The standard InChI is InChI=1S/C18H19Cl2NO/c1-12(13(2)22)16-6-3-14(4-7-16)10-21-11-15-5-8-17(19)18(20)9-15/h3-9,12,21-22H,2,10-11H2,1H3. The SMILES string of the molecule is C=C(O)C(C)c1ccc(CNCc2ccc(Cl)c(Cl)c2)cc1. The summed E-state index contributed by atoms with van der Waals surface area (Å²) in [4.78, 5) is 0. The molecule has 22 heavy (non-hydrogen) atoms. The van der Waals surface area contributed by atoms with Crippen LogP contribution in [0.1, 0.15) is 29.5 Å². The maximum atomic E-state index is 9.43. The van der Waals surface area contributed by atoms with E-state index in [0.717, 1.165) is 24.2 Å². The molecule has 0 aromatic heterocycles. The van der Waals surface area contributed by atoms with E-state index in [1.165, 1.54) is 5.56 Å². The van der Waals surface area contributed by atoms with Crippen LogP contribution in [-0.2, 0) is 13.1 Å². The van der Waals surface area contributed by atoms with Gasteiger partial charge in [0.2, 0.25) is 0 Å². The van der Waals surface area contributed by atoms with Crippen molar-refractivity contribution in [2.24, 2.45) is 0 Å². The van der Waals surface area contributed by atoms with Crippen LogP contribution >= 0.6 is 23.2 Å². The molecule has 116 valence electrons. The number of rotatable bonds is 6. The number of hydrogen-bond acceptors (Lipinski definition) is 2. The van der Waals surface area contributed by atoms with Crippen molar-refractivity contribution in [2.45, 2.75) is 25.9 Å². The first-order valence-electron chi connectivity index (χ1n) is 7.08. The van der Waals surface area contributed by atoms with Crippen LogP contribution in [0.4, 0.5) is 0 Å². The third-order valence-electron chi connectivity index (χ3n) is 3.62. The lowest BCUT2D eigenvalue weighted by atomic mass is 9.98. The molecule has 2 nitrogen and oxygen atoms in total. The first-order chi connectivity index (χ1) is 10.5. The van der Waals surface area contributed by atoms with E-state index in [1.54, 1.807) is 6.07 Å². The Morgan fingerprint density at radius 3 is 2.23 bits per heavy atom. The molecule has 0 aliphatic heterocycles. The average Bonchev–Trinajstić information content (AvgIpc) is 2.51. The molecule has 0 aliphatic rings. The minimum absolute atomic E-state index is 0.0433. The second-order valence-electron chi connectivity index (χ2n) is 5.31. The third-order valence-corrected chi connectivity index (χ3v) is 4.36. The first-order valence-corrected chi connectivity index (χ1v) is 7.84. The summed E-state index contributed by atoms with van der Waals surface area (Å²) in [6.45, 7) is 6.99. The zero-order chi connectivity index (χ0) is 16.1. The summed E-state index contributed by atoms with van der Waals surface area (Å²) in [7, 11) is 0. The molecule has 0 radical (unpaired) electrons. The quantitative estimate of drug-likeness (QED) is 0.687. The van der Waals surface area contributed by atoms with Crippen molar-refractivity contribution >= 4 is 23.2 Å². The monoisotopic (exact) mass is 335 g/mol. The zero-order valence-corrected chi connectivity index (χ0v) is 14.0. The normalized spacial score (nSPS) is 12.1. The lowest BCUT2D eigenvalue weighted by molar-refractivity contribution is 0.378. The van der Waals surface area contributed by atoms with Crippen LogP contribution < -0.4 is 5.32 Å². The van der Waals surface area contributed by atoms with E-state index in [0.29, 0.717) is 10.0 Å². The molecule has 2 N–H and O–H groups in total. The van der Waals surface area contributed by atoms with Gasteiger partial charge in [0.25, 0.3) is 0 Å². The van der Waals surface area contributed by atoms with Crippen molar-refractivity contribution < 1.29 is 5.11 Å². The number of hydrogen-bond donors (Lipinski definition) is 2. The smallest absolute Gasteiger partial charge is 0.0922 e. The lowest BCUT2D eigenvalue weighted by Crippen LogP contribution is -2.12. The molecule has 0 spiro atoms. The summed E-state index contributed by atoms with van der Waals surface area (Å²) >= 11 is 11.9. The first kappa shape index (κ1) is 16.9. The Kier molecular flexibility index (Phi) is 5.90. The van der Waals surface area contributed by atoms with Crippen molar-refractivity contribution in [3.8, 4) is 0 Å². The van der Waals surface area contributed by atoms with Gasteiger partial charge in [0.05, 0.1) is 15.8 Å². The van der Waals surface area contributed by atoms with Crippen LogP contribution in [0.2, 0.25) is 10.0 Å². The number of aliphatic hydroxyl groups is 1. The van der Waals surface area contributed by atoms with E-state index in [2.05, 4.69) is 24.0 Å². The molecule has 4 heteroatoms. The van der Waals surface area contributed by atoms with Crippen molar-refractivity contribution in [3.63, 3.8) is 0 Å². The fourth-order valence-corrected chi connectivity index (χ4v) is 2.44. The third kappa shape index (κ3) is 4.51. The van der Waals surface area contributed by atoms with Gasteiger partial charge in [-0.05, 0) is 28.8 Å². The molecule has 0 aliphatic carbocycles. The summed E-state index contributed by atoms with van der Waals surface area (Å²) in [5.74, 6) is 0.142. The molecule has 0 saturated carbocycles. The summed E-state index contributed by atoms with van der Waals surface area (Å²) in [6, 6.07) is 13.8. The topological polar surface area (TPSA) is 32.3 Å². The number of halogens is 2. The second-order valence-corrected chi connectivity index (χ2v) is 6.12. The van der Waals surface area contributed by atoms with Gasteiger partial charge in [0, 0.05) is 19.0 Å². The van der Waals surface area contributed by atoms with Crippen LogP contribution in [0.15, 0.2) is 54.8 Å². The molecule has 2 rings (SSSR count). The Balaban J connectivity index is 1.89. The van der Waals surface area contributed by atoms with Crippen molar-refractivity contribution in [2.75, 3.05) is 0 Å². The van der Waals surface area contributed by atoms with E-state index in [9.17, 15) is 5.11 Å². The van der Waals surface area contributed by atoms with E-state index in [4.69, 9.17) is 23.2 Å². The molecular formula is C18H19Cl2NO. The average molecular weight is 336 g/mol. The van der Waals surface area contributed by atoms with E-state index in [1.807, 2.05) is 31.2 Å². The molecule has 0 saturated heterocycles. The van der Waals surface area contributed by atoms with Gasteiger partial charge in [-0.2, -0.15) is 0 Å². The number of nitrogens with one attached hydrogen (secondary N) is 1. The number of aliphatic hydroxyl groups excluding tert-OH is 1. The van der Waals surface area contributed by atoms with E-state index in [-0.39, 0.29) is 11.7 Å². The maximum absolute atomic E-state index is 9.43. The highest BCUT2D eigenvalue weighted by molar-refractivity contribution is 6.42. The zero-order valence-electron chi connectivity index (χ0n) is 12.4. The number of allylic oxidation sites excluding steroid dienone is 1. The van der Waals surface area contributed by atoms with Crippen LogP contribution in [0.25, 0.3) is 0 Å². The summed E-state index contributed by atoms with van der Waals surface area (Å²) < 4.78 is 0. The van der Waals surface area contributed by atoms with Crippen LogP contribution in [0.3, 0.4) is 0 Å². The maximum Gasteiger partial charge on any atom is 0.0922 e. The molecule has 0 fully saturated rings. The van der Waals surface area contributed by atoms with Gasteiger partial charge in [-0.15, -0.1) is 0 Å². The Morgan fingerprint density at radius 2 is 1.64 bits per heavy atom. The highest BCUT2D eigenvalue weighted by Gasteiger charge is 2.07. The predicted octanol–water partition coefficient (Wildman–Crippen LogP) is 5.46. The van der Waals surface area contributed by atoms with Crippen LogP contribution in [0, 0.1) is 0 Å². The lowest BCUT2D eigenvalue weighted by Gasteiger charge is -2.11. The Labute approximate surface area is 141 Å². The van der Waals surface area contributed by atoms with Crippen LogP contribution in [-0.4, -0.2) is 5.11 Å². The largest absolute Gasteiger partial charge is 0.512 e. The van der Waals surface area contributed by atoms with Crippen LogP contribution in [0.5, 0.6) is 0 Å². The minimum atomic E-state index is -0.0433. The van der Waals surface area contributed by atoms with Crippen molar-refractivity contribution in [1.29, 1.82) is 0 Å². The fraction of sp³-hybridized carbons (Fsp3) is 0.222. The van der Waals surface area contributed by atoms with Crippen molar-refractivity contribution in [3.05, 3.63) is 81.5 Å². The predicted molar refractivity (Wildman–Crippen MR) is 93.6 cm³/mol. The fourth-order valence-electron chi connectivity index (χ4n) is 2.12. The Hall–Kier alpha value is -1.48. The molecule has 0 heterocycles. The van der Waals surface area contributed by atoms with Gasteiger partial charge in [-0.1, -0.05) is 67.0 Å². The summed E-state index contributed by atoms with van der Waals surface area (Å²) in [5, 5.41) is 13.9. The molecule has 2 aromatic rings. The van der Waals surface area contributed by atoms with E-state index >= 15 is 0 Å². The Bertz CT molecular complexity index is 653. The highest BCUT2D eigenvalue weighted by atomic mass is 35.5. The van der Waals surface area contributed by atoms with Gasteiger partial charge in [0.1, 0.15) is 0 Å². The molecule has 2 aromatic carbocycles. The summed E-state index contributed by atoms with van der Waals surface area (Å²) in [5.41, 5.74) is 3.33. The van der Waals surface area contributed by atoms with Gasteiger partial charge >= 0.3 is 0 Å². The molecule has 0 bridgehead atoms.